The molecule has 0 bridgehead atoms. The van der Waals surface area contributed by atoms with Gasteiger partial charge in [0.1, 0.15) is 6.26 Å². The minimum Gasteiger partial charge on any atom is -0.459 e. The van der Waals surface area contributed by atoms with Gasteiger partial charge in [0.15, 0.2) is 0 Å². The highest BCUT2D eigenvalue weighted by Gasteiger charge is 2.31. The molecule has 1 aliphatic heterocycles. The van der Waals surface area contributed by atoms with Crippen molar-refractivity contribution in [2.75, 3.05) is 11.7 Å². The van der Waals surface area contributed by atoms with Gasteiger partial charge in [-0.1, -0.05) is 55.7 Å². The zero-order valence-corrected chi connectivity index (χ0v) is 19.0. The second-order valence-corrected chi connectivity index (χ2v) is 9.05. The lowest BCUT2D eigenvalue weighted by atomic mass is 9.85. The van der Waals surface area contributed by atoms with Crippen LogP contribution in [0.3, 0.4) is 0 Å². The van der Waals surface area contributed by atoms with E-state index in [4.69, 9.17) is 9.47 Å². The molecule has 1 fully saturated rings. The summed E-state index contributed by atoms with van der Waals surface area (Å²) in [6.07, 6.45) is 7.75. The first-order valence-electron chi connectivity index (χ1n) is 11.7. The van der Waals surface area contributed by atoms with Crippen LogP contribution >= 0.6 is 0 Å². The van der Waals surface area contributed by atoms with Crippen LogP contribution in [-0.2, 0) is 27.2 Å². The number of carbonyl (C=O) groups is 1. The second kappa shape index (κ2) is 9.35. The molecule has 176 valence electrons. The number of hydrogen-bond acceptors (Lipinski definition) is 5. The number of aromatic nitrogens is 1. The molecule has 7 heteroatoms. The van der Waals surface area contributed by atoms with Gasteiger partial charge in [0.05, 0.1) is 24.3 Å². The molecule has 1 amide bonds. The molecule has 2 heterocycles. The van der Waals surface area contributed by atoms with Crippen molar-refractivity contribution in [2.24, 2.45) is 0 Å². The first kappa shape index (κ1) is 22.2. The molecule has 0 unspecified atom stereocenters. The van der Waals surface area contributed by atoms with E-state index in [1.165, 1.54) is 11.2 Å². The third-order valence-electron chi connectivity index (χ3n) is 6.61. The van der Waals surface area contributed by atoms with Gasteiger partial charge in [-0.3, -0.25) is 9.59 Å². The average Bonchev–Trinajstić information content (AvgIpc) is 3.37. The van der Waals surface area contributed by atoms with E-state index in [1.807, 2.05) is 36.4 Å². The van der Waals surface area contributed by atoms with Crippen LogP contribution in [0.5, 0.6) is 0 Å². The summed E-state index contributed by atoms with van der Waals surface area (Å²) in [4.78, 5) is 28.3. The van der Waals surface area contributed by atoms with Crippen molar-refractivity contribution in [1.82, 2.24) is 4.57 Å². The molecule has 1 saturated carbocycles. The van der Waals surface area contributed by atoms with Gasteiger partial charge in [-0.2, -0.15) is 0 Å². The quantitative estimate of drug-likeness (QED) is 0.600. The molecular formula is C27H28N2O5. The van der Waals surface area contributed by atoms with Crippen LogP contribution in [0.2, 0.25) is 0 Å². The zero-order valence-electron chi connectivity index (χ0n) is 19.0. The van der Waals surface area contributed by atoms with Crippen molar-refractivity contribution in [2.45, 2.75) is 50.7 Å². The van der Waals surface area contributed by atoms with Crippen molar-refractivity contribution in [3.8, 4) is 0 Å². The van der Waals surface area contributed by atoms with Crippen molar-refractivity contribution in [3.05, 3.63) is 88.9 Å². The molecule has 1 aromatic heterocycles. The van der Waals surface area contributed by atoms with Crippen LogP contribution in [0.15, 0.2) is 77.7 Å². The Hall–Kier alpha value is -3.58. The molecule has 0 saturated heterocycles. The largest absolute Gasteiger partial charge is 0.459 e. The highest BCUT2D eigenvalue weighted by molar-refractivity contribution is 6.05. The molecule has 7 nitrogen and oxygen atoms in total. The highest BCUT2D eigenvalue weighted by atomic mass is 16.7. The summed E-state index contributed by atoms with van der Waals surface area (Å²) in [5, 5.41) is 12.1. The van der Waals surface area contributed by atoms with E-state index in [-0.39, 0.29) is 37.1 Å². The third-order valence-corrected chi connectivity index (χ3v) is 6.61. The first-order valence-corrected chi connectivity index (χ1v) is 11.7. The summed E-state index contributed by atoms with van der Waals surface area (Å²) in [5.74, 6) is 0.0882. The fourth-order valence-electron chi connectivity index (χ4n) is 4.88. The molecule has 0 radical (unpaired) electrons. The molecule has 1 N–H and O–H groups in total. The number of aliphatic hydroxyl groups is 1. The lowest BCUT2D eigenvalue weighted by molar-refractivity contribution is -0.118. The number of ether oxygens (including phenoxy) is 2. The van der Waals surface area contributed by atoms with E-state index in [0.717, 1.165) is 24.8 Å². The van der Waals surface area contributed by atoms with Gasteiger partial charge in [0, 0.05) is 17.0 Å². The van der Waals surface area contributed by atoms with Crippen LogP contribution in [-0.4, -0.2) is 28.0 Å². The number of pyridine rings is 1. The van der Waals surface area contributed by atoms with Crippen LogP contribution in [0.1, 0.15) is 37.7 Å². The van der Waals surface area contributed by atoms with Crippen LogP contribution in [0, 0.1) is 0 Å². The van der Waals surface area contributed by atoms with Crippen LogP contribution in [0.25, 0.3) is 10.8 Å². The topological polar surface area (TPSA) is 81.0 Å². The van der Waals surface area contributed by atoms with Crippen molar-refractivity contribution in [1.29, 1.82) is 0 Å². The molecule has 34 heavy (non-hydrogen) atoms. The molecular weight excluding hydrogens is 432 g/mol. The predicted octanol–water partition coefficient (Wildman–Crippen LogP) is 4.08. The van der Waals surface area contributed by atoms with Gasteiger partial charge in [-0.15, -0.1) is 0 Å². The summed E-state index contributed by atoms with van der Waals surface area (Å²) < 4.78 is 12.4. The Morgan fingerprint density at radius 2 is 1.79 bits per heavy atom. The van der Waals surface area contributed by atoms with E-state index in [9.17, 15) is 14.7 Å². The number of anilines is 1. The van der Waals surface area contributed by atoms with E-state index in [2.05, 4.69) is 0 Å². The maximum absolute atomic E-state index is 13.4. The van der Waals surface area contributed by atoms with E-state index < -0.39 is 5.60 Å². The van der Waals surface area contributed by atoms with Gasteiger partial charge in [-0.25, -0.2) is 4.90 Å². The molecule has 2 aliphatic rings. The summed E-state index contributed by atoms with van der Waals surface area (Å²) in [6, 6.07) is 16.6. The average molecular weight is 461 g/mol. The summed E-state index contributed by atoms with van der Waals surface area (Å²) in [5.41, 5.74) is 0.382. The van der Waals surface area contributed by atoms with Gasteiger partial charge < -0.3 is 19.1 Å². The molecule has 1 aliphatic carbocycles. The number of fused-ring (bicyclic) bond motifs is 1. The Kier molecular flexibility index (Phi) is 6.11. The number of amides is 1. The Balaban J connectivity index is 1.53. The smallest absolute Gasteiger partial charge is 0.258 e. The van der Waals surface area contributed by atoms with Crippen molar-refractivity contribution >= 4 is 22.4 Å². The Labute approximate surface area is 197 Å². The zero-order chi connectivity index (χ0) is 23.5. The van der Waals surface area contributed by atoms with Gasteiger partial charge >= 0.3 is 0 Å². The van der Waals surface area contributed by atoms with Crippen molar-refractivity contribution in [3.63, 3.8) is 0 Å². The van der Waals surface area contributed by atoms with Gasteiger partial charge in [-0.05, 0) is 36.6 Å². The molecule has 3 aromatic rings. The highest BCUT2D eigenvalue weighted by Crippen LogP contribution is 2.32. The standard InChI is InChI=1S/C27H28N2O5/c30-24(16-20-8-3-1-4-9-20)29(25-17-33-19-34-25)23-11-7-10-22-21(23)12-15-28(26(22)31)18-27(32)13-5-2-6-14-27/h1,3-4,7-12,15,17,32H,2,5-6,13-14,16,18-19H2. The summed E-state index contributed by atoms with van der Waals surface area (Å²) >= 11 is 0. The normalized spacial score (nSPS) is 17.0. The number of carbonyl (C=O) groups excluding carboxylic acids is 1. The molecule has 0 atom stereocenters. The molecule has 0 spiro atoms. The third kappa shape index (κ3) is 4.43. The number of rotatable bonds is 6. The number of hydrogen-bond donors (Lipinski definition) is 1. The van der Waals surface area contributed by atoms with E-state index >= 15 is 0 Å². The van der Waals surface area contributed by atoms with E-state index in [1.54, 1.807) is 29.0 Å². The van der Waals surface area contributed by atoms with Gasteiger partial charge in [0.25, 0.3) is 5.56 Å². The maximum Gasteiger partial charge on any atom is 0.258 e. The first-order chi connectivity index (χ1) is 16.5. The Morgan fingerprint density at radius 1 is 1.00 bits per heavy atom. The van der Waals surface area contributed by atoms with Gasteiger partial charge in [0.2, 0.25) is 18.6 Å². The molecule has 5 rings (SSSR count). The number of nitrogens with zero attached hydrogens (tertiary/aromatic N) is 2. The Morgan fingerprint density at radius 3 is 2.53 bits per heavy atom. The van der Waals surface area contributed by atoms with Crippen molar-refractivity contribution < 1.29 is 19.4 Å². The SMILES string of the molecule is O=C(Cc1ccccc1)N(C1=COCO1)c1cccc2c(=O)n(CC3(O)CCCCC3)ccc12. The fraction of sp³-hybridized carbons (Fsp3) is 0.333. The Bertz CT molecular complexity index is 1280. The monoisotopic (exact) mass is 460 g/mol. The summed E-state index contributed by atoms with van der Waals surface area (Å²) in [6.45, 7) is 0.297. The lowest BCUT2D eigenvalue weighted by Crippen LogP contribution is -2.39. The van der Waals surface area contributed by atoms with E-state index in [0.29, 0.717) is 29.3 Å². The lowest BCUT2D eigenvalue weighted by Gasteiger charge is -2.32. The summed E-state index contributed by atoms with van der Waals surface area (Å²) in [7, 11) is 0. The van der Waals surface area contributed by atoms with Crippen LogP contribution in [0.4, 0.5) is 5.69 Å². The molecule has 2 aromatic carbocycles. The predicted molar refractivity (Wildman–Crippen MR) is 129 cm³/mol. The maximum atomic E-state index is 13.4. The minimum atomic E-state index is -0.856. The number of benzene rings is 2. The minimum absolute atomic E-state index is 0.0284. The fourth-order valence-corrected chi connectivity index (χ4v) is 4.88. The van der Waals surface area contributed by atoms with Crippen LogP contribution < -0.4 is 10.5 Å². The second-order valence-electron chi connectivity index (χ2n) is 9.05.